The Morgan fingerprint density at radius 2 is 1.85 bits per heavy atom. The van der Waals surface area contributed by atoms with Crippen molar-refractivity contribution < 1.29 is 4.74 Å². The maximum Gasteiger partial charge on any atom is 0.277 e. The van der Waals surface area contributed by atoms with Gasteiger partial charge in [-0.25, -0.2) is 9.97 Å². The monoisotopic (exact) mass is 446 g/mol. The van der Waals surface area contributed by atoms with Crippen LogP contribution in [0.5, 0.6) is 5.75 Å². The van der Waals surface area contributed by atoms with Gasteiger partial charge in [-0.15, -0.1) is 0 Å². The zero-order chi connectivity index (χ0) is 23.1. The third-order valence-electron chi connectivity index (χ3n) is 5.11. The van der Waals surface area contributed by atoms with E-state index >= 15 is 0 Å². The molecular weight excluding hydrogens is 424 g/mol. The SMILES string of the molecule is COc1c(Nc2cc(Nc3ccn(C)n3)nc3[nH]n(C)c(=O)c23)cccc1-c1ncn(C)n1. The number of para-hydroxylation sites is 1. The molecule has 5 rings (SSSR count). The van der Waals surface area contributed by atoms with E-state index in [4.69, 9.17) is 4.74 Å². The minimum atomic E-state index is -0.203. The Balaban J connectivity index is 1.62. The van der Waals surface area contributed by atoms with Gasteiger partial charge in [0.2, 0.25) is 0 Å². The van der Waals surface area contributed by atoms with E-state index in [1.54, 1.807) is 43.0 Å². The minimum Gasteiger partial charge on any atom is -0.494 e. The van der Waals surface area contributed by atoms with Gasteiger partial charge in [0, 0.05) is 39.5 Å². The molecule has 0 spiro atoms. The normalized spacial score (nSPS) is 11.2. The first-order valence-corrected chi connectivity index (χ1v) is 10.1. The number of benzene rings is 1. The van der Waals surface area contributed by atoms with Crippen LogP contribution in [-0.2, 0) is 21.1 Å². The summed E-state index contributed by atoms with van der Waals surface area (Å²) in [4.78, 5) is 21.7. The maximum atomic E-state index is 12.8. The van der Waals surface area contributed by atoms with Crippen molar-refractivity contribution in [2.45, 2.75) is 0 Å². The van der Waals surface area contributed by atoms with E-state index in [1.807, 2.05) is 37.5 Å². The largest absolute Gasteiger partial charge is 0.494 e. The average molecular weight is 446 g/mol. The van der Waals surface area contributed by atoms with E-state index < -0.39 is 0 Å². The minimum absolute atomic E-state index is 0.203. The first-order chi connectivity index (χ1) is 15.9. The molecule has 0 fully saturated rings. The van der Waals surface area contributed by atoms with Gasteiger partial charge in [-0.05, 0) is 12.1 Å². The first kappa shape index (κ1) is 20.3. The molecule has 0 atom stereocenters. The van der Waals surface area contributed by atoms with Crippen LogP contribution in [0.25, 0.3) is 22.4 Å². The molecule has 4 aromatic heterocycles. The Morgan fingerprint density at radius 1 is 1.00 bits per heavy atom. The van der Waals surface area contributed by atoms with Crippen LogP contribution in [0.1, 0.15) is 0 Å². The molecule has 0 bridgehead atoms. The summed E-state index contributed by atoms with van der Waals surface area (Å²) < 4.78 is 10.4. The van der Waals surface area contributed by atoms with Crippen molar-refractivity contribution in [2.75, 3.05) is 17.7 Å². The molecule has 0 radical (unpaired) electrons. The number of nitrogens with one attached hydrogen (secondary N) is 3. The van der Waals surface area contributed by atoms with Crippen LogP contribution in [-0.4, -0.2) is 46.4 Å². The summed E-state index contributed by atoms with van der Waals surface area (Å²) in [5.74, 6) is 2.25. The zero-order valence-corrected chi connectivity index (χ0v) is 18.5. The number of nitrogens with zero attached hydrogens (tertiary/aromatic N) is 7. The fraction of sp³-hybridized carbons (Fsp3) is 0.190. The molecule has 12 nitrogen and oxygen atoms in total. The van der Waals surface area contributed by atoms with E-state index in [-0.39, 0.29) is 5.56 Å². The molecular formula is C21H22N10O2. The molecule has 0 aliphatic rings. The summed E-state index contributed by atoms with van der Waals surface area (Å²) in [6.07, 6.45) is 3.45. The van der Waals surface area contributed by atoms with Crippen LogP contribution < -0.4 is 20.9 Å². The zero-order valence-electron chi connectivity index (χ0n) is 18.5. The third-order valence-corrected chi connectivity index (χ3v) is 5.11. The molecule has 5 aromatic rings. The van der Waals surface area contributed by atoms with Crippen LogP contribution in [0.2, 0.25) is 0 Å². The van der Waals surface area contributed by atoms with Crippen molar-refractivity contribution in [3.63, 3.8) is 0 Å². The highest BCUT2D eigenvalue weighted by Crippen LogP contribution is 2.37. The summed E-state index contributed by atoms with van der Waals surface area (Å²) in [5, 5.41) is 18.6. The van der Waals surface area contributed by atoms with Gasteiger partial charge in [-0.1, -0.05) is 6.07 Å². The summed E-state index contributed by atoms with van der Waals surface area (Å²) in [7, 11) is 6.86. The second-order valence-electron chi connectivity index (χ2n) is 7.51. The van der Waals surface area contributed by atoms with Gasteiger partial charge in [0.15, 0.2) is 23.0 Å². The molecule has 0 saturated carbocycles. The highest BCUT2D eigenvalue weighted by molar-refractivity contribution is 5.94. The van der Waals surface area contributed by atoms with Crippen LogP contribution in [0.15, 0.2) is 47.7 Å². The Morgan fingerprint density at radius 3 is 2.55 bits per heavy atom. The summed E-state index contributed by atoms with van der Waals surface area (Å²) in [6, 6.07) is 9.21. The molecule has 0 aliphatic carbocycles. The standard InChI is InChI=1S/C21H22N10O2/c1-29-9-8-15(26-29)24-16-10-14(17-20(25-16)28-31(3)21(17)32)23-13-7-5-6-12(18(13)33-4)19-22-11-30(2)27-19/h5-11H,1-4H3,(H3,23,24,25,26,28). The highest BCUT2D eigenvalue weighted by Gasteiger charge is 2.18. The number of rotatable bonds is 6. The van der Waals surface area contributed by atoms with Crippen molar-refractivity contribution in [1.29, 1.82) is 0 Å². The number of ether oxygens (including phenoxy) is 1. The lowest BCUT2D eigenvalue weighted by atomic mass is 10.1. The topological polar surface area (TPSA) is 132 Å². The predicted molar refractivity (Wildman–Crippen MR) is 124 cm³/mol. The number of pyridine rings is 1. The lowest BCUT2D eigenvalue weighted by Gasteiger charge is -2.15. The van der Waals surface area contributed by atoms with Gasteiger partial charge in [-0.2, -0.15) is 10.2 Å². The number of hydrogen-bond donors (Lipinski definition) is 3. The molecule has 0 saturated heterocycles. The maximum absolute atomic E-state index is 12.8. The summed E-state index contributed by atoms with van der Waals surface area (Å²) in [5.41, 5.74) is 2.17. The van der Waals surface area contributed by atoms with Crippen LogP contribution >= 0.6 is 0 Å². The van der Waals surface area contributed by atoms with Crippen LogP contribution in [0, 0.1) is 0 Å². The number of methoxy groups -OCH3 is 1. The van der Waals surface area contributed by atoms with Crippen LogP contribution in [0.4, 0.5) is 23.0 Å². The lowest BCUT2D eigenvalue weighted by molar-refractivity contribution is 0.418. The molecule has 0 aliphatic heterocycles. The molecule has 168 valence electrons. The number of aromatic nitrogens is 8. The number of aromatic amines is 1. The highest BCUT2D eigenvalue weighted by atomic mass is 16.5. The third kappa shape index (κ3) is 3.67. The molecule has 0 unspecified atom stereocenters. The number of aryl methyl sites for hydroxylation is 3. The fourth-order valence-electron chi connectivity index (χ4n) is 3.63. The van der Waals surface area contributed by atoms with E-state index in [9.17, 15) is 4.79 Å². The predicted octanol–water partition coefficient (Wildman–Crippen LogP) is 2.29. The van der Waals surface area contributed by atoms with Gasteiger partial charge in [0.05, 0.1) is 24.0 Å². The second kappa shape index (κ2) is 7.82. The van der Waals surface area contributed by atoms with Gasteiger partial charge < -0.3 is 15.4 Å². The molecule has 1 aromatic carbocycles. The number of fused-ring (bicyclic) bond motifs is 1. The molecule has 0 amide bonds. The van der Waals surface area contributed by atoms with Gasteiger partial charge in [-0.3, -0.25) is 23.9 Å². The Hall–Kier alpha value is -4.61. The van der Waals surface area contributed by atoms with Crippen molar-refractivity contribution in [3.05, 3.63) is 53.2 Å². The smallest absolute Gasteiger partial charge is 0.277 e. The van der Waals surface area contributed by atoms with Gasteiger partial charge in [0.25, 0.3) is 5.56 Å². The van der Waals surface area contributed by atoms with Gasteiger partial charge >= 0.3 is 0 Å². The first-order valence-electron chi connectivity index (χ1n) is 10.1. The number of anilines is 4. The summed E-state index contributed by atoms with van der Waals surface area (Å²) in [6.45, 7) is 0. The van der Waals surface area contributed by atoms with E-state index in [0.717, 1.165) is 5.56 Å². The van der Waals surface area contributed by atoms with Crippen molar-refractivity contribution in [3.8, 4) is 17.1 Å². The fourth-order valence-corrected chi connectivity index (χ4v) is 3.63. The Bertz CT molecular complexity index is 1520. The van der Waals surface area contributed by atoms with E-state index in [1.165, 1.54) is 4.68 Å². The van der Waals surface area contributed by atoms with Crippen molar-refractivity contribution in [1.82, 2.24) is 39.3 Å². The Labute approximate surface area is 187 Å². The van der Waals surface area contributed by atoms with Crippen molar-refractivity contribution >= 4 is 34.0 Å². The van der Waals surface area contributed by atoms with Crippen molar-refractivity contribution in [2.24, 2.45) is 21.1 Å². The lowest BCUT2D eigenvalue weighted by Crippen LogP contribution is -2.12. The number of H-pyrrole nitrogens is 1. The molecule has 12 heteroatoms. The quantitative estimate of drug-likeness (QED) is 0.362. The van der Waals surface area contributed by atoms with Gasteiger partial charge in [0.1, 0.15) is 17.5 Å². The van der Waals surface area contributed by atoms with E-state index in [2.05, 4.69) is 35.9 Å². The van der Waals surface area contributed by atoms with Crippen LogP contribution in [0.3, 0.4) is 0 Å². The number of hydrogen-bond acceptors (Lipinski definition) is 8. The molecule has 4 heterocycles. The Kier molecular flexibility index (Phi) is 4.81. The average Bonchev–Trinajstić information content (AvgIpc) is 3.47. The summed E-state index contributed by atoms with van der Waals surface area (Å²) >= 11 is 0. The second-order valence-corrected chi connectivity index (χ2v) is 7.51. The molecule has 33 heavy (non-hydrogen) atoms. The van der Waals surface area contributed by atoms with E-state index in [0.29, 0.717) is 45.6 Å². The molecule has 3 N–H and O–H groups in total.